The van der Waals surface area contributed by atoms with Crippen molar-refractivity contribution in [3.63, 3.8) is 0 Å². The maximum absolute atomic E-state index is 12.6. The molecule has 0 fully saturated rings. The molecule has 0 aliphatic rings. The number of unbranched alkanes of at least 4 members (excludes halogenated alkanes) is 12. The van der Waals surface area contributed by atoms with Gasteiger partial charge in [0.2, 0.25) is 0 Å². The monoisotopic (exact) mass is 682 g/mol. The number of fused-ring (bicyclic) bond motifs is 1. The number of benzene rings is 2. The van der Waals surface area contributed by atoms with E-state index >= 15 is 0 Å². The number of hydrogen-bond acceptors (Lipinski definition) is 4. The Morgan fingerprint density at radius 3 is 1.35 bits per heavy atom. The van der Waals surface area contributed by atoms with Crippen LogP contribution in [-0.4, -0.2) is 25.9 Å². The predicted octanol–water partition coefficient (Wildman–Crippen LogP) is 7.92. The van der Waals surface area contributed by atoms with Crippen LogP contribution in [0.3, 0.4) is 0 Å². The number of hydrogen-bond donors (Lipinski definition) is 2. The molecule has 2 aromatic rings. The summed E-state index contributed by atoms with van der Waals surface area (Å²) in [4.78, 5) is -1.35. The molecular weight excluding hydrogens is 641 g/mol. The van der Waals surface area contributed by atoms with Gasteiger partial charge in [-0.25, -0.2) is 0 Å². The van der Waals surface area contributed by atoms with Gasteiger partial charge in [0, 0.05) is 46.2 Å². The first-order valence-electron chi connectivity index (χ1n) is 13.6. The second kappa shape index (κ2) is 17.5. The molecule has 0 aliphatic carbocycles. The van der Waals surface area contributed by atoms with Crippen LogP contribution in [0.15, 0.2) is 34.1 Å². The van der Waals surface area contributed by atoms with Gasteiger partial charge in [-0.3, -0.25) is 9.11 Å². The van der Waals surface area contributed by atoms with Crippen LogP contribution < -0.4 is 0 Å². The molecule has 0 aliphatic heterocycles. The van der Waals surface area contributed by atoms with Crippen LogP contribution in [0.4, 0.5) is 0 Å². The molecule has 0 bridgehead atoms. The van der Waals surface area contributed by atoms with Gasteiger partial charge in [0.1, 0.15) is 9.79 Å². The molecule has 0 amide bonds. The van der Waals surface area contributed by atoms with Crippen LogP contribution in [0, 0.1) is 40.8 Å². The van der Waals surface area contributed by atoms with Gasteiger partial charge in [-0.15, -0.1) is 0 Å². The smallest absolute Gasteiger partial charge is 0.282 e. The topological polar surface area (TPSA) is 109 Å². The predicted molar refractivity (Wildman–Crippen MR) is 147 cm³/mol. The Kier molecular flexibility index (Phi) is 16.5. The molecular formula is C28H44NdO6S2. The largest absolute Gasteiger partial charge is 0.296 e. The molecule has 2 N–H and O–H groups in total. The Hall–Kier alpha value is -0.129. The molecule has 2 aromatic carbocycles. The Labute approximate surface area is 257 Å². The van der Waals surface area contributed by atoms with Gasteiger partial charge < -0.3 is 0 Å². The summed E-state index contributed by atoms with van der Waals surface area (Å²) in [6.45, 7) is 4.34. The van der Waals surface area contributed by atoms with E-state index in [1.54, 1.807) is 18.2 Å². The Bertz CT molecular complexity index is 1180. The van der Waals surface area contributed by atoms with Crippen molar-refractivity contribution in [3.05, 3.63) is 35.4 Å². The second-order valence-corrected chi connectivity index (χ2v) is 12.6. The van der Waals surface area contributed by atoms with E-state index in [9.17, 15) is 25.9 Å². The Morgan fingerprint density at radius 1 is 0.541 bits per heavy atom. The van der Waals surface area contributed by atoms with Gasteiger partial charge in [-0.1, -0.05) is 115 Å². The first-order valence-corrected chi connectivity index (χ1v) is 16.5. The summed E-state index contributed by atoms with van der Waals surface area (Å²) in [6.07, 6.45) is 15.9. The van der Waals surface area contributed by atoms with E-state index in [0.717, 1.165) is 56.9 Å². The summed E-state index contributed by atoms with van der Waals surface area (Å²) in [6, 6.07) is 6.68. The molecule has 37 heavy (non-hydrogen) atoms. The van der Waals surface area contributed by atoms with Gasteiger partial charge in [-0.2, -0.15) is 16.8 Å². The first kappa shape index (κ1) is 34.9. The van der Waals surface area contributed by atoms with Crippen LogP contribution in [0.1, 0.15) is 115 Å². The molecule has 0 saturated carbocycles. The van der Waals surface area contributed by atoms with Gasteiger partial charge in [-0.05, 0) is 42.2 Å². The van der Waals surface area contributed by atoms with Crippen LogP contribution in [0.2, 0.25) is 0 Å². The van der Waals surface area contributed by atoms with E-state index in [1.807, 2.05) is 0 Å². The zero-order chi connectivity index (χ0) is 26.6. The van der Waals surface area contributed by atoms with Crippen molar-refractivity contribution < 1.29 is 66.8 Å². The Morgan fingerprint density at radius 2 is 0.919 bits per heavy atom. The maximum Gasteiger partial charge on any atom is 0.296 e. The molecule has 9 heteroatoms. The molecule has 0 unspecified atom stereocenters. The first-order chi connectivity index (χ1) is 17.1. The third-order valence-corrected chi connectivity index (χ3v) is 8.95. The summed E-state index contributed by atoms with van der Waals surface area (Å²) < 4.78 is 70.2. The Balaban J connectivity index is 0.00000684. The fourth-order valence-corrected chi connectivity index (χ4v) is 7.43. The summed E-state index contributed by atoms with van der Waals surface area (Å²) in [7, 11) is -9.81. The number of rotatable bonds is 18. The average molecular weight is 685 g/mol. The fraction of sp³-hybridized carbons (Fsp3) is 0.643. The normalized spacial score (nSPS) is 12.1. The van der Waals surface area contributed by atoms with E-state index in [-0.39, 0.29) is 46.2 Å². The molecule has 2 rings (SSSR count). The van der Waals surface area contributed by atoms with Gasteiger partial charge in [0.15, 0.2) is 0 Å². The fourth-order valence-electron chi connectivity index (χ4n) is 5.10. The van der Waals surface area contributed by atoms with E-state index in [2.05, 4.69) is 13.8 Å². The van der Waals surface area contributed by atoms with E-state index < -0.39 is 30.0 Å². The van der Waals surface area contributed by atoms with Crippen LogP contribution in [-0.2, 0) is 33.1 Å². The van der Waals surface area contributed by atoms with Gasteiger partial charge in [0.25, 0.3) is 20.2 Å². The van der Waals surface area contributed by atoms with Crippen molar-refractivity contribution >= 4 is 31.0 Å². The molecule has 0 radical (unpaired) electrons. The minimum atomic E-state index is -4.91. The SMILES string of the molecule is CCCCCCCCCc1c(S(=O)(=O)O)c(S(=O)(=O)O)c2ccccc2c1CCCCCCCCC.[Nd]. The van der Waals surface area contributed by atoms with Crippen molar-refractivity contribution in [1.29, 1.82) is 0 Å². The van der Waals surface area contributed by atoms with Crippen molar-refractivity contribution in [3.8, 4) is 0 Å². The molecule has 0 heterocycles. The number of aryl methyl sites for hydroxylation is 1. The summed E-state index contributed by atoms with van der Waals surface area (Å²) in [5.41, 5.74) is 1.11. The minimum absolute atomic E-state index is 0. The van der Waals surface area contributed by atoms with Crippen LogP contribution in [0.25, 0.3) is 10.8 Å². The maximum atomic E-state index is 12.6. The molecule has 0 saturated heterocycles. The van der Waals surface area contributed by atoms with E-state index in [0.29, 0.717) is 30.2 Å². The summed E-state index contributed by atoms with van der Waals surface area (Å²) in [5.74, 6) is 0. The average Bonchev–Trinajstić information content (AvgIpc) is 2.81. The molecule has 0 spiro atoms. The van der Waals surface area contributed by atoms with E-state index in [4.69, 9.17) is 0 Å². The second-order valence-electron chi connectivity index (χ2n) is 9.85. The molecule has 0 aromatic heterocycles. The zero-order valence-electron chi connectivity index (χ0n) is 22.5. The third kappa shape index (κ3) is 11.1. The summed E-state index contributed by atoms with van der Waals surface area (Å²) in [5, 5.41) is 0.760. The third-order valence-electron chi connectivity index (χ3n) is 6.92. The van der Waals surface area contributed by atoms with Crippen molar-refractivity contribution in [1.82, 2.24) is 0 Å². The van der Waals surface area contributed by atoms with Crippen LogP contribution >= 0.6 is 0 Å². The summed E-state index contributed by atoms with van der Waals surface area (Å²) >= 11 is 0. The van der Waals surface area contributed by atoms with Crippen molar-refractivity contribution in [2.45, 2.75) is 126 Å². The van der Waals surface area contributed by atoms with E-state index in [1.165, 1.54) is 38.2 Å². The van der Waals surface area contributed by atoms with Gasteiger partial charge >= 0.3 is 0 Å². The molecule has 0 atom stereocenters. The van der Waals surface area contributed by atoms with Crippen molar-refractivity contribution in [2.75, 3.05) is 0 Å². The van der Waals surface area contributed by atoms with Crippen molar-refractivity contribution in [2.24, 2.45) is 0 Å². The molecule has 6 nitrogen and oxygen atoms in total. The standard InChI is InChI=1S/C28H44O6S2.Nd/c1-3-5-7-9-11-13-15-19-23-24-20-17-18-22-26(24)28(36(32,33)34)27(35(29,30)31)25(23)21-16-14-12-10-8-6-4-2;/h17-18,20,22H,3-16,19,21H2,1-2H3,(H,29,30,31)(H,32,33,34);. The van der Waals surface area contributed by atoms with Crippen LogP contribution in [0.5, 0.6) is 0 Å². The van der Waals surface area contributed by atoms with Gasteiger partial charge in [0.05, 0.1) is 0 Å². The molecule has 208 valence electrons. The minimum Gasteiger partial charge on any atom is -0.282 e. The quantitative estimate of drug-likeness (QED) is 0.122. The zero-order valence-corrected chi connectivity index (χ0v) is 27.3.